The normalized spacial score (nSPS) is 23.3. The highest BCUT2D eigenvalue weighted by Crippen LogP contribution is 2.12. The van der Waals surface area contributed by atoms with Crippen LogP contribution in [-0.2, 0) is 9.53 Å². The van der Waals surface area contributed by atoms with E-state index in [1.807, 2.05) is 0 Å². The van der Waals surface area contributed by atoms with Gasteiger partial charge in [-0.3, -0.25) is 4.79 Å². The molecule has 2 atom stereocenters. The summed E-state index contributed by atoms with van der Waals surface area (Å²) in [4.78, 5) is 13.8. The number of nitrogens with two attached hydrogens (primary N) is 1. The number of amides is 1. The van der Waals surface area contributed by atoms with Gasteiger partial charge in [0.1, 0.15) is 0 Å². The minimum absolute atomic E-state index is 0.0341. The summed E-state index contributed by atoms with van der Waals surface area (Å²) < 4.78 is 5.06. The Balaban J connectivity index is 2.14. The molecule has 0 radical (unpaired) electrons. The lowest BCUT2D eigenvalue weighted by Gasteiger charge is -2.15. The first-order valence-electron chi connectivity index (χ1n) is 5.83. The van der Waals surface area contributed by atoms with Crippen molar-refractivity contribution in [3.63, 3.8) is 0 Å². The average Bonchev–Trinajstić information content (AvgIpc) is 2.69. The van der Waals surface area contributed by atoms with Gasteiger partial charge < -0.3 is 20.7 Å². The Kier molecular flexibility index (Phi) is 5.73. The SMILES string of the molecule is COC(CN)CC(=O)NCC1CCN(C)C1. The van der Waals surface area contributed by atoms with Crippen molar-refractivity contribution < 1.29 is 9.53 Å². The Bertz CT molecular complexity index is 219. The van der Waals surface area contributed by atoms with Crippen LogP contribution in [0.2, 0.25) is 0 Å². The number of likely N-dealkylation sites (tertiary alicyclic amines) is 1. The Morgan fingerprint density at radius 3 is 2.94 bits per heavy atom. The van der Waals surface area contributed by atoms with Gasteiger partial charge in [-0.15, -0.1) is 0 Å². The molecule has 0 aliphatic carbocycles. The molecule has 1 fully saturated rings. The van der Waals surface area contributed by atoms with E-state index < -0.39 is 0 Å². The molecule has 0 bridgehead atoms. The highest BCUT2D eigenvalue weighted by Gasteiger charge is 2.20. The molecular formula is C11H23N3O2. The van der Waals surface area contributed by atoms with Crippen molar-refractivity contribution in [3.05, 3.63) is 0 Å². The number of nitrogens with zero attached hydrogens (tertiary/aromatic N) is 1. The number of carbonyl (C=O) groups excluding carboxylic acids is 1. The Labute approximate surface area is 97.3 Å². The molecule has 0 saturated carbocycles. The van der Waals surface area contributed by atoms with Crippen molar-refractivity contribution in [2.75, 3.05) is 40.3 Å². The fraction of sp³-hybridized carbons (Fsp3) is 0.909. The number of carbonyl (C=O) groups is 1. The lowest BCUT2D eigenvalue weighted by atomic mass is 10.1. The number of ether oxygens (including phenoxy) is 1. The van der Waals surface area contributed by atoms with Crippen molar-refractivity contribution in [2.45, 2.75) is 18.9 Å². The highest BCUT2D eigenvalue weighted by molar-refractivity contribution is 5.76. The molecule has 94 valence electrons. The largest absolute Gasteiger partial charge is 0.380 e. The monoisotopic (exact) mass is 229 g/mol. The van der Waals surface area contributed by atoms with Crippen LogP contribution < -0.4 is 11.1 Å². The summed E-state index contributed by atoms with van der Waals surface area (Å²) in [6, 6.07) is 0. The van der Waals surface area contributed by atoms with Gasteiger partial charge in [-0.2, -0.15) is 0 Å². The van der Waals surface area contributed by atoms with Crippen LogP contribution >= 0.6 is 0 Å². The molecule has 0 aromatic rings. The molecule has 1 aliphatic rings. The van der Waals surface area contributed by atoms with Crippen molar-refractivity contribution >= 4 is 5.91 Å². The highest BCUT2D eigenvalue weighted by atomic mass is 16.5. The molecule has 5 heteroatoms. The molecular weight excluding hydrogens is 206 g/mol. The summed E-state index contributed by atoms with van der Waals surface area (Å²) in [6.45, 7) is 3.36. The zero-order valence-corrected chi connectivity index (χ0v) is 10.2. The molecule has 2 unspecified atom stereocenters. The van der Waals surface area contributed by atoms with Crippen LogP contribution in [0, 0.1) is 5.92 Å². The zero-order valence-electron chi connectivity index (χ0n) is 10.2. The third kappa shape index (κ3) is 4.47. The zero-order chi connectivity index (χ0) is 12.0. The second-order valence-electron chi connectivity index (χ2n) is 4.52. The van der Waals surface area contributed by atoms with Gasteiger partial charge in [0, 0.05) is 26.7 Å². The van der Waals surface area contributed by atoms with Gasteiger partial charge >= 0.3 is 0 Å². The van der Waals surface area contributed by atoms with Crippen LogP contribution in [0.3, 0.4) is 0 Å². The number of hydrogen-bond acceptors (Lipinski definition) is 4. The maximum Gasteiger partial charge on any atom is 0.222 e. The summed E-state index contributed by atoms with van der Waals surface area (Å²) >= 11 is 0. The fourth-order valence-electron chi connectivity index (χ4n) is 1.99. The molecule has 5 nitrogen and oxygen atoms in total. The Morgan fingerprint density at radius 2 is 2.44 bits per heavy atom. The molecule has 16 heavy (non-hydrogen) atoms. The van der Waals surface area contributed by atoms with Crippen molar-refractivity contribution in [2.24, 2.45) is 11.7 Å². The molecule has 1 saturated heterocycles. The van der Waals surface area contributed by atoms with Crippen LogP contribution in [0.5, 0.6) is 0 Å². The Hall–Kier alpha value is -0.650. The minimum atomic E-state index is -0.161. The maximum absolute atomic E-state index is 11.5. The molecule has 1 amide bonds. The van der Waals surface area contributed by atoms with Crippen LogP contribution in [0.4, 0.5) is 0 Å². The lowest BCUT2D eigenvalue weighted by Crippen LogP contribution is -2.35. The van der Waals surface area contributed by atoms with Gasteiger partial charge in [0.05, 0.1) is 12.5 Å². The number of methoxy groups -OCH3 is 1. The third-order valence-electron chi connectivity index (χ3n) is 3.09. The van der Waals surface area contributed by atoms with Gasteiger partial charge in [0.15, 0.2) is 0 Å². The van der Waals surface area contributed by atoms with E-state index in [1.165, 1.54) is 6.42 Å². The van der Waals surface area contributed by atoms with E-state index in [4.69, 9.17) is 10.5 Å². The summed E-state index contributed by atoms with van der Waals surface area (Å²) in [5.74, 6) is 0.625. The maximum atomic E-state index is 11.5. The number of hydrogen-bond donors (Lipinski definition) is 2. The first kappa shape index (κ1) is 13.4. The first-order valence-corrected chi connectivity index (χ1v) is 5.83. The number of rotatable bonds is 6. The minimum Gasteiger partial charge on any atom is -0.380 e. The van der Waals surface area contributed by atoms with Gasteiger partial charge in [-0.25, -0.2) is 0 Å². The van der Waals surface area contributed by atoms with Crippen LogP contribution in [0.15, 0.2) is 0 Å². The van der Waals surface area contributed by atoms with Gasteiger partial charge in [-0.05, 0) is 25.9 Å². The number of nitrogens with one attached hydrogen (secondary N) is 1. The first-order chi connectivity index (χ1) is 7.65. The van der Waals surface area contributed by atoms with Crippen LogP contribution in [0.1, 0.15) is 12.8 Å². The van der Waals surface area contributed by atoms with E-state index in [-0.39, 0.29) is 12.0 Å². The second kappa shape index (κ2) is 6.83. The fourth-order valence-corrected chi connectivity index (χ4v) is 1.99. The van der Waals surface area contributed by atoms with Crippen molar-refractivity contribution in [3.8, 4) is 0 Å². The molecule has 0 spiro atoms. The van der Waals surface area contributed by atoms with Crippen molar-refractivity contribution in [1.29, 1.82) is 0 Å². The van der Waals surface area contributed by atoms with Gasteiger partial charge in [0.2, 0.25) is 5.91 Å². The van der Waals surface area contributed by atoms with Gasteiger partial charge in [0.25, 0.3) is 0 Å². The standard InChI is InChI=1S/C11H23N3O2/c1-14-4-3-9(8-14)7-13-11(15)5-10(6-12)16-2/h9-10H,3-8,12H2,1-2H3,(H,13,15). The van der Waals surface area contributed by atoms with Gasteiger partial charge in [-0.1, -0.05) is 0 Å². The Morgan fingerprint density at radius 1 is 1.69 bits per heavy atom. The topological polar surface area (TPSA) is 67.6 Å². The lowest BCUT2D eigenvalue weighted by molar-refractivity contribution is -0.123. The summed E-state index contributed by atoms with van der Waals surface area (Å²) in [7, 11) is 3.69. The van der Waals surface area contributed by atoms with Crippen LogP contribution in [0.25, 0.3) is 0 Å². The predicted molar refractivity (Wildman–Crippen MR) is 63.1 cm³/mol. The van der Waals surface area contributed by atoms with E-state index in [2.05, 4.69) is 17.3 Å². The summed E-state index contributed by atoms with van der Waals surface area (Å²) in [5, 5.41) is 2.94. The summed E-state index contributed by atoms with van der Waals surface area (Å²) in [6.07, 6.45) is 1.36. The molecule has 3 N–H and O–H groups in total. The predicted octanol–water partition coefficient (Wildman–Crippen LogP) is -0.582. The molecule has 0 aromatic heterocycles. The third-order valence-corrected chi connectivity index (χ3v) is 3.09. The van der Waals surface area contributed by atoms with E-state index in [1.54, 1.807) is 7.11 Å². The average molecular weight is 229 g/mol. The molecule has 1 heterocycles. The molecule has 0 aromatic carbocycles. The van der Waals surface area contributed by atoms with E-state index in [0.717, 1.165) is 19.6 Å². The van der Waals surface area contributed by atoms with E-state index >= 15 is 0 Å². The quantitative estimate of drug-likeness (QED) is 0.639. The molecule has 1 rings (SSSR count). The van der Waals surface area contributed by atoms with E-state index in [0.29, 0.717) is 18.9 Å². The van der Waals surface area contributed by atoms with Crippen LogP contribution in [-0.4, -0.2) is 57.2 Å². The second-order valence-corrected chi connectivity index (χ2v) is 4.52. The smallest absolute Gasteiger partial charge is 0.222 e. The molecule has 1 aliphatic heterocycles. The van der Waals surface area contributed by atoms with E-state index in [9.17, 15) is 4.79 Å². The van der Waals surface area contributed by atoms with Crippen molar-refractivity contribution in [1.82, 2.24) is 10.2 Å². The summed E-state index contributed by atoms with van der Waals surface area (Å²) in [5.41, 5.74) is 5.46.